The maximum Gasteiger partial charge on any atom is 0.225 e. The Morgan fingerprint density at radius 1 is 0.962 bits per heavy atom. The summed E-state index contributed by atoms with van der Waals surface area (Å²) in [7, 11) is 0. The van der Waals surface area contributed by atoms with E-state index in [0.717, 1.165) is 35.1 Å². The molecule has 2 aromatic carbocycles. The van der Waals surface area contributed by atoms with Gasteiger partial charge < -0.3 is 10.6 Å². The van der Waals surface area contributed by atoms with Gasteiger partial charge in [0.1, 0.15) is 5.82 Å². The summed E-state index contributed by atoms with van der Waals surface area (Å²) in [5.41, 5.74) is 3.16. The number of hydrogen-bond acceptors (Lipinski definition) is 4. The normalized spacial score (nSPS) is 10.3. The summed E-state index contributed by atoms with van der Waals surface area (Å²) < 4.78 is 0. The summed E-state index contributed by atoms with van der Waals surface area (Å²) in [6.07, 6.45) is 2.67. The van der Waals surface area contributed by atoms with Crippen molar-refractivity contribution in [2.45, 2.75) is 6.42 Å². The first-order valence-electron chi connectivity index (χ1n) is 8.52. The van der Waals surface area contributed by atoms with E-state index in [2.05, 4.69) is 27.2 Å². The molecule has 1 aromatic heterocycles. The molecule has 0 fully saturated rings. The third-order valence-electron chi connectivity index (χ3n) is 3.83. The lowest BCUT2D eigenvalue weighted by atomic mass is 10.1. The summed E-state index contributed by atoms with van der Waals surface area (Å²) in [5, 5.41) is 7.30. The zero-order valence-electron chi connectivity index (χ0n) is 14.5. The van der Waals surface area contributed by atoms with Crippen LogP contribution in [0.15, 0.2) is 73.3 Å². The first-order valence-corrected chi connectivity index (χ1v) is 8.90. The average Bonchev–Trinajstić information content (AvgIpc) is 2.68. The van der Waals surface area contributed by atoms with Crippen LogP contribution in [0.2, 0.25) is 5.02 Å². The van der Waals surface area contributed by atoms with Crippen LogP contribution in [0.5, 0.6) is 0 Å². The average molecular weight is 365 g/mol. The number of aromatic nitrogens is 2. The highest BCUT2D eigenvalue weighted by molar-refractivity contribution is 6.30. The van der Waals surface area contributed by atoms with E-state index in [4.69, 9.17) is 11.6 Å². The molecule has 0 aliphatic heterocycles. The second-order valence-electron chi connectivity index (χ2n) is 5.80. The van der Waals surface area contributed by atoms with Crippen LogP contribution in [0.4, 0.5) is 11.8 Å². The van der Waals surface area contributed by atoms with Gasteiger partial charge >= 0.3 is 0 Å². The van der Waals surface area contributed by atoms with Crippen molar-refractivity contribution in [3.05, 3.63) is 83.9 Å². The minimum Gasteiger partial charge on any atom is -0.370 e. The SMILES string of the molecule is C=CCNc1nc(NCCc2ccc(Cl)cc2)cc(-c2ccccc2)n1. The Labute approximate surface area is 159 Å². The summed E-state index contributed by atoms with van der Waals surface area (Å²) in [5.74, 6) is 1.37. The second kappa shape index (κ2) is 9.02. The molecule has 1 heterocycles. The molecule has 3 rings (SSSR count). The molecule has 0 aliphatic carbocycles. The van der Waals surface area contributed by atoms with Crippen molar-refractivity contribution in [1.29, 1.82) is 0 Å². The summed E-state index contributed by atoms with van der Waals surface area (Å²) in [6, 6.07) is 19.9. The number of benzene rings is 2. The van der Waals surface area contributed by atoms with Crippen molar-refractivity contribution >= 4 is 23.4 Å². The van der Waals surface area contributed by atoms with Crippen molar-refractivity contribution in [1.82, 2.24) is 9.97 Å². The van der Waals surface area contributed by atoms with Gasteiger partial charge in [-0.1, -0.05) is 60.1 Å². The first kappa shape index (κ1) is 18.0. The van der Waals surface area contributed by atoms with E-state index in [1.807, 2.05) is 60.7 Å². The van der Waals surface area contributed by atoms with Gasteiger partial charge in [-0.2, -0.15) is 4.98 Å². The molecule has 0 aliphatic rings. The van der Waals surface area contributed by atoms with E-state index >= 15 is 0 Å². The number of nitrogens with zero attached hydrogens (tertiary/aromatic N) is 2. The first-order chi connectivity index (χ1) is 12.7. The van der Waals surface area contributed by atoms with E-state index in [9.17, 15) is 0 Å². The van der Waals surface area contributed by atoms with E-state index in [0.29, 0.717) is 12.5 Å². The summed E-state index contributed by atoms with van der Waals surface area (Å²) >= 11 is 5.93. The fourth-order valence-corrected chi connectivity index (χ4v) is 2.65. The Balaban J connectivity index is 1.74. The van der Waals surface area contributed by atoms with Gasteiger partial charge in [0.15, 0.2) is 0 Å². The Bertz CT molecular complexity index is 848. The quantitative estimate of drug-likeness (QED) is 0.549. The van der Waals surface area contributed by atoms with Crippen LogP contribution in [-0.4, -0.2) is 23.1 Å². The molecule has 26 heavy (non-hydrogen) atoms. The molecule has 2 N–H and O–H groups in total. The van der Waals surface area contributed by atoms with Crippen molar-refractivity contribution in [2.24, 2.45) is 0 Å². The van der Waals surface area contributed by atoms with Crippen molar-refractivity contribution in [3.8, 4) is 11.3 Å². The fourth-order valence-electron chi connectivity index (χ4n) is 2.52. The van der Waals surface area contributed by atoms with Crippen LogP contribution < -0.4 is 10.6 Å². The highest BCUT2D eigenvalue weighted by Gasteiger charge is 2.06. The Morgan fingerprint density at radius 3 is 2.46 bits per heavy atom. The fraction of sp³-hybridized carbons (Fsp3) is 0.143. The van der Waals surface area contributed by atoms with Gasteiger partial charge in [0.2, 0.25) is 5.95 Å². The highest BCUT2D eigenvalue weighted by Crippen LogP contribution is 2.21. The largest absolute Gasteiger partial charge is 0.370 e. The van der Waals surface area contributed by atoms with E-state index in [-0.39, 0.29) is 0 Å². The molecule has 132 valence electrons. The smallest absolute Gasteiger partial charge is 0.225 e. The Hall–Kier alpha value is -2.85. The third kappa shape index (κ3) is 5.07. The zero-order chi connectivity index (χ0) is 18.2. The van der Waals surface area contributed by atoms with Gasteiger partial charge in [0.05, 0.1) is 5.69 Å². The zero-order valence-corrected chi connectivity index (χ0v) is 15.2. The van der Waals surface area contributed by atoms with Gasteiger partial charge in [-0.25, -0.2) is 4.98 Å². The molecule has 4 nitrogen and oxygen atoms in total. The standard InChI is InChI=1S/C21H21ClN4/c1-2-13-24-21-25-19(17-6-4-3-5-7-17)15-20(26-21)23-14-12-16-8-10-18(22)11-9-16/h2-11,15H,1,12-14H2,(H2,23,24,25,26). The lowest BCUT2D eigenvalue weighted by Crippen LogP contribution is -2.10. The highest BCUT2D eigenvalue weighted by atomic mass is 35.5. The molecule has 0 saturated carbocycles. The van der Waals surface area contributed by atoms with E-state index in [1.54, 1.807) is 6.08 Å². The predicted molar refractivity (Wildman–Crippen MR) is 110 cm³/mol. The molecule has 0 saturated heterocycles. The van der Waals surface area contributed by atoms with Gasteiger partial charge in [-0.15, -0.1) is 6.58 Å². The summed E-state index contributed by atoms with van der Waals surface area (Å²) in [4.78, 5) is 9.13. The van der Waals surface area contributed by atoms with Crippen LogP contribution in [-0.2, 0) is 6.42 Å². The lowest BCUT2D eigenvalue weighted by Gasteiger charge is -2.11. The molecule has 3 aromatic rings. The molecular formula is C21H21ClN4. The molecule has 0 bridgehead atoms. The monoisotopic (exact) mass is 364 g/mol. The second-order valence-corrected chi connectivity index (χ2v) is 6.24. The Kier molecular flexibility index (Phi) is 6.23. The summed E-state index contributed by atoms with van der Waals surface area (Å²) in [6.45, 7) is 5.11. The molecule has 0 radical (unpaired) electrons. The van der Waals surface area contributed by atoms with Crippen molar-refractivity contribution in [3.63, 3.8) is 0 Å². The topological polar surface area (TPSA) is 49.8 Å². The lowest BCUT2D eigenvalue weighted by molar-refractivity contribution is 0.999. The molecular weight excluding hydrogens is 344 g/mol. The van der Waals surface area contributed by atoms with Crippen LogP contribution >= 0.6 is 11.6 Å². The van der Waals surface area contributed by atoms with Crippen LogP contribution in [0, 0.1) is 0 Å². The number of anilines is 2. The number of rotatable bonds is 8. The molecule has 0 spiro atoms. The van der Waals surface area contributed by atoms with Gasteiger partial charge in [-0.05, 0) is 24.1 Å². The molecule has 0 atom stereocenters. The van der Waals surface area contributed by atoms with Gasteiger partial charge in [0, 0.05) is 29.7 Å². The van der Waals surface area contributed by atoms with E-state index < -0.39 is 0 Å². The molecule has 0 unspecified atom stereocenters. The van der Waals surface area contributed by atoms with Crippen molar-refractivity contribution in [2.75, 3.05) is 23.7 Å². The maximum atomic E-state index is 5.93. The number of nitrogens with one attached hydrogen (secondary N) is 2. The van der Waals surface area contributed by atoms with Gasteiger partial charge in [-0.3, -0.25) is 0 Å². The minimum absolute atomic E-state index is 0.584. The number of halogens is 1. The van der Waals surface area contributed by atoms with Crippen LogP contribution in [0.1, 0.15) is 5.56 Å². The van der Waals surface area contributed by atoms with E-state index in [1.165, 1.54) is 5.56 Å². The van der Waals surface area contributed by atoms with Gasteiger partial charge in [0.25, 0.3) is 0 Å². The maximum absolute atomic E-state index is 5.93. The van der Waals surface area contributed by atoms with Crippen LogP contribution in [0.3, 0.4) is 0 Å². The number of hydrogen-bond donors (Lipinski definition) is 2. The predicted octanol–water partition coefficient (Wildman–Crippen LogP) is 5.05. The van der Waals surface area contributed by atoms with Crippen LogP contribution in [0.25, 0.3) is 11.3 Å². The molecule has 0 amide bonds. The Morgan fingerprint density at radius 2 is 1.73 bits per heavy atom. The van der Waals surface area contributed by atoms with Crippen molar-refractivity contribution < 1.29 is 0 Å². The third-order valence-corrected chi connectivity index (χ3v) is 4.09. The minimum atomic E-state index is 0.584. The molecule has 5 heteroatoms.